The molecule has 0 saturated heterocycles. The van der Waals surface area contributed by atoms with Gasteiger partial charge in [0, 0.05) is 35.0 Å². The normalized spacial score (nSPS) is 11.5. The Kier molecular flexibility index (Phi) is 6.40. The highest BCUT2D eigenvalue weighted by Crippen LogP contribution is 2.38. The molecule has 0 aliphatic rings. The van der Waals surface area contributed by atoms with E-state index in [0.717, 1.165) is 6.07 Å². The zero-order chi connectivity index (χ0) is 23.5. The van der Waals surface area contributed by atoms with E-state index in [-0.39, 0.29) is 22.0 Å². The summed E-state index contributed by atoms with van der Waals surface area (Å²) < 4.78 is 44.2. The molecule has 0 aliphatic carbocycles. The van der Waals surface area contributed by atoms with Gasteiger partial charge in [-0.1, -0.05) is 11.6 Å². The molecule has 3 aromatic carbocycles. The Morgan fingerprint density at radius 3 is 2.16 bits per heavy atom. The van der Waals surface area contributed by atoms with Crippen molar-refractivity contribution in [3.63, 3.8) is 0 Å². The van der Waals surface area contributed by atoms with Gasteiger partial charge in [-0.05, 0) is 42.5 Å². The molecule has 0 N–H and O–H groups in total. The molecule has 8 nitrogen and oxygen atoms in total. The van der Waals surface area contributed by atoms with Crippen LogP contribution in [-0.2, 0) is 6.18 Å². The van der Waals surface area contributed by atoms with Gasteiger partial charge in [-0.25, -0.2) is 0 Å². The molecule has 3 rings (SSSR count). The summed E-state index contributed by atoms with van der Waals surface area (Å²) in [6.45, 7) is 0. The van der Waals surface area contributed by atoms with Crippen LogP contribution < -0.4 is 4.74 Å². The maximum absolute atomic E-state index is 12.9. The average Bonchev–Trinajstić information content (AvgIpc) is 2.73. The molecule has 0 spiro atoms. The Morgan fingerprint density at radius 2 is 1.56 bits per heavy atom. The fourth-order valence-corrected chi connectivity index (χ4v) is 2.74. The summed E-state index contributed by atoms with van der Waals surface area (Å²) >= 11 is 5.98. The molecule has 0 radical (unpaired) electrons. The van der Waals surface area contributed by atoms with Crippen molar-refractivity contribution < 1.29 is 27.8 Å². The van der Waals surface area contributed by atoms with E-state index in [9.17, 15) is 33.4 Å². The number of nitro groups is 2. The minimum absolute atomic E-state index is 0.0444. The van der Waals surface area contributed by atoms with Crippen molar-refractivity contribution >= 4 is 34.9 Å². The monoisotopic (exact) mass is 465 g/mol. The number of nitro benzene ring substituents is 2. The minimum atomic E-state index is -4.76. The Labute approximate surface area is 182 Å². The minimum Gasteiger partial charge on any atom is -0.449 e. The average molecular weight is 466 g/mol. The van der Waals surface area contributed by atoms with Crippen molar-refractivity contribution in [3.8, 4) is 11.5 Å². The number of ether oxygens (including phenoxy) is 1. The zero-order valence-corrected chi connectivity index (χ0v) is 16.5. The second-order valence-corrected chi connectivity index (χ2v) is 6.69. The topological polar surface area (TPSA) is 108 Å². The summed E-state index contributed by atoms with van der Waals surface area (Å²) in [5, 5.41) is 22.3. The first-order chi connectivity index (χ1) is 15.0. The van der Waals surface area contributed by atoms with Crippen molar-refractivity contribution in [1.82, 2.24) is 0 Å². The molecule has 0 bridgehead atoms. The highest BCUT2D eigenvalue weighted by molar-refractivity contribution is 6.30. The third-order valence-electron chi connectivity index (χ3n) is 4.09. The lowest BCUT2D eigenvalue weighted by Crippen LogP contribution is -2.06. The lowest BCUT2D eigenvalue weighted by molar-refractivity contribution is -0.385. The van der Waals surface area contributed by atoms with Crippen LogP contribution in [0.3, 0.4) is 0 Å². The van der Waals surface area contributed by atoms with Crippen LogP contribution in [0.1, 0.15) is 11.1 Å². The summed E-state index contributed by atoms with van der Waals surface area (Å²) in [5.41, 5.74) is -1.54. The van der Waals surface area contributed by atoms with Gasteiger partial charge in [0.2, 0.25) is 5.75 Å². The van der Waals surface area contributed by atoms with Crippen LogP contribution in [0.25, 0.3) is 0 Å². The van der Waals surface area contributed by atoms with Gasteiger partial charge in [-0.2, -0.15) is 13.2 Å². The van der Waals surface area contributed by atoms with E-state index >= 15 is 0 Å². The maximum atomic E-state index is 12.9. The maximum Gasteiger partial charge on any atom is 0.416 e. The second-order valence-electron chi connectivity index (χ2n) is 6.25. The van der Waals surface area contributed by atoms with Crippen molar-refractivity contribution in [3.05, 3.63) is 97.0 Å². The highest BCUT2D eigenvalue weighted by Gasteiger charge is 2.33. The first kappa shape index (κ1) is 22.7. The molecule has 0 atom stereocenters. The number of nitrogens with zero attached hydrogens (tertiary/aromatic N) is 3. The van der Waals surface area contributed by atoms with Gasteiger partial charge in [-0.3, -0.25) is 25.2 Å². The second kappa shape index (κ2) is 9.02. The molecule has 3 aromatic rings. The third kappa shape index (κ3) is 5.38. The predicted octanol–water partition coefficient (Wildman–Crippen LogP) is 6.72. The summed E-state index contributed by atoms with van der Waals surface area (Å²) in [6.07, 6.45) is -3.45. The number of rotatable bonds is 6. The molecule has 0 aromatic heterocycles. The number of aliphatic imine (C=N–C) groups is 1. The number of hydrogen-bond acceptors (Lipinski definition) is 6. The van der Waals surface area contributed by atoms with Gasteiger partial charge in [0.05, 0.1) is 21.1 Å². The van der Waals surface area contributed by atoms with Crippen LogP contribution in [-0.4, -0.2) is 16.1 Å². The van der Waals surface area contributed by atoms with Crippen molar-refractivity contribution in [2.75, 3.05) is 0 Å². The molecule has 0 unspecified atom stereocenters. The first-order valence-electron chi connectivity index (χ1n) is 8.66. The summed E-state index contributed by atoms with van der Waals surface area (Å²) in [6, 6.07) is 11.5. The molecule has 32 heavy (non-hydrogen) atoms. The van der Waals surface area contributed by atoms with E-state index < -0.39 is 33.0 Å². The molecule has 0 heterocycles. The molecular formula is C20H11ClF3N3O5. The Balaban J connectivity index is 1.95. The predicted molar refractivity (Wildman–Crippen MR) is 110 cm³/mol. The van der Waals surface area contributed by atoms with E-state index in [2.05, 4.69) is 4.99 Å². The van der Waals surface area contributed by atoms with Crippen LogP contribution in [0.5, 0.6) is 11.5 Å². The highest BCUT2D eigenvalue weighted by atomic mass is 35.5. The molecule has 12 heteroatoms. The zero-order valence-electron chi connectivity index (χ0n) is 15.7. The van der Waals surface area contributed by atoms with Crippen LogP contribution in [0.2, 0.25) is 5.02 Å². The molecule has 0 saturated carbocycles. The molecule has 0 amide bonds. The number of hydrogen-bond donors (Lipinski definition) is 0. The van der Waals surface area contributed by atoms with Crippen LogP contribution >= 0.6 is 11.6 Å². The number of benzene rings is 3. The van der Waals surface area contributed by atoms with Gasteiger partial charge in [0.25, 0.3) is 5.69 Å². The van der Waals surface area contributed by atoms with Crippen molar-refractivity contribution in [1.29, 1.82) is 0 Å². The van der Waals surface area contributed by atoms with Gasteiger partial charge in [0.15, 0.2) is 0 Å². The van der Waals surface area contributed by atoms with E-state index in [1.165, 1.54) is 48.7 Å². The first-order valence-corrected chi connectivity index (χ1v) is 9.04. The summed E-state index contributed by atoms with van der Waals surface area (Å²) in [5.74, 6) is -0.363. The number of alkyl halides is 3. The quantitative estimate of drug-likeness (QED) is 0.228. The third-order valence-corrected chi connectivity index (χ3v) is 4.32. The number of halogens is 4. The van der Waals surface area contributed by atoms with E-state index in [4.69, 9.17) is 16.3 Å². The summed E-state index contributed by atoms with van der Waals surface area (Å²) in [4.78, 5) is 24.6. The SMILES string of the molecule is O=[N+]([O-])c1ccc(N=Cc2cc(Cl)ccc2Oc2ccc(C(F)(F)F)cc2[N+](=O)[O-])cc1. The van der Waals surface area contributed by atoms with E-state index in [0.29, 0.717) is 17.8 Å². The van der Waals surface area contributed by atoms with E-state index in [1.807, 2.05) is 0 Å². The van der Waals surface area contributed by atoms with E-state index in [1.54, 1.807) is 0 Å². The van der Waals surface area contributed by atoms with Gasteiger partial charge >= 0.3 is 11.9 Å². The van der Waals surface area contributed by atoms with Crippen LogP contribution in [0, 0.1) is 20.2 Å². The van der Waals surface area contributed by atoms with Gasteiger partial charge in [0.1, 0.15) is 5.75 Å². The fraction of sp³-hybridized carbons (Fsp3) is 0.0500. The van der Waals surface area contributed by atoms with Crippen LogP contribution in [0.4, 0.5) is 30.2 Å². The molecular weight excluding hydrogens is 455 g/mol. The molecule has 0 aliphatic heterocycles. The standard InChI is InChI=1S/C20H11ClF3N3O5/c21-14-2-8-18(12(9-14)11-25-15-3-5-16(6-4-15)26(28)29)32-19-7-1-13(20(22,23)24)10-17(19)27(30)31/h1-11H. The van der Waals surface area contributed by atoms with Crippen molar-refractivity contribution in [2.45, 2.75) is 6.18 Å². The van der Waals surface area contributed by atoms with Crippen molar-refractivity contribution in [2.24, 2.45) is 4.99 Å². The summed E-state index contributed by atoms with van der Waals surface area (Å²) in [7, 11) is 0. The molecule has 0 fully saturated rings. The lowest BCUT2D eigenvalue weighted by atomic mass is 10.1. The van der Waals surface area contributed by atoms with Gasteiger partial charge in [-0.15, -0.1) is 0 Å². The van der Waals surface area contributed by atoms with Crippen LogP contribution in [0.15, 0.2) is 65.7 Å². The smallest absolute Gasteiger partial charge is 0.416 e. The largest absolute Gasteiger partial charge is 0.449 e. The Morgan fingerprint density at radius 1 is 0.906 bits per heavy atom. The lowest BCUT2D eigenvalue weighted by Gasteiger charge is -2.11. The Bertz CT molecular complexity index is 1210. The van der Waals surface area contributed by atoms with Gasteiger partial charge < -0.3 is 4.74 Å². The number of non-ortho nitro benzene ring substituents is 1. The molecule has 164 valence electrons. The Hall–Kier alpha value is -3.99. The fourth-order valence-electron chi connectivity index (χ4n) is 2.56.